The molecular formula is C16H13ClN2. The Balaban J connectivity index is 2.23. The van der Waals surface area contributed by atoms with E-state index in [9.17, 15) is 0 Å². The summed E-state index contributed by atoms with van der Waals surface area (Å²) in [6.07, 6.45) is 0. The van der Waals surface area contributed by atoms with E-state index in [1.807, 2.05) is 42.5 Å². The fourth-order valence-electron chi connectivity index (χ4n) is 2.15. The van der Waals surface area contributed by atoms with Crippen LogP contribution in [-0.2, 0) is 6.54 Å². The number of pyridine rings is 1. The van der Waals surface area contributed by atoms with E-state index in [1.165, 1.54) is 0 Å². The first-order valence-corrected chi connectivity index (χ1v) is 6.50. The van der Waals surface area contributed by atoms with Gasteiger partial charge >= 0.3 is 0 Å². The second-order valence-corrected chi connectivity index (χ2v) is 4.78. The van der Waals surface area contributed by atoms with Gasteiger partial charge in [-0.3, -0.25) is 0 Å². The average molecular weight is 269 g/mol. The molecule has 0 aliphatic rings. The lowest BCUT2D eigenvalue weighted by atomic mass is 10.0. The second kappa shape index (κ2) is 5.00. The maximum Gasteiger partial charge on any atom is 0.137 e. The number of rotatable bonds is 2. The minimum atomic E-state index is 0.527. The summed E-state index contributed by atoms with van der Waals surface area (Å²) in [4.78, 5) is 4.45. The van der Waals surface area contributed by atoms with E-state index in [-0.39, 0.29) is 0 Å². The maximum absolute atomic E-state index is 6.28. The maximum atomic E-state index is 6.28. The quantitative estimate of drug-likeness (QED) is 0.713. The van der Waals surface area contributed by atoms with Gasteiger partial charge in [-0.05, 0) is 29.3 Å². The van der Waals surface area contributed by atoms with E-state index in [2.05, 4.69) is 17.1 Å². The Morgan fingerprint density at radius 2 is 1.79 bits per heavy atom. The number of nitrogens with zero attached hydrogens (tertiary/aromatic N) is 1. The molecule has 1 aromatic heterocycles. The zero-order valence-corrected chi connectivity index (χ0v) is 11.1. The van der Waals surface area contributed by atoms with Gasteiger partial charge in [0.15, 0.2) is 0 Å². The van der Waals surface area contributed by atoms with Gasteiger partial charge in [-0.1, -0.05) is 48.0 Å². The number of hydrogen-bond donors (Lipinski definition) is 1. The Morgan fingerprint density at radius 1 is 1.00 bits per heavy atom. The van der Waals surface area contributed by atoms with Gasteiger partial charge in [0, 0.05) is 17.5 Å². The molecule has 94 valence electrons. The van der Waals surface area contributed by atoms with Gasteiger partial charge in [-0.15, -0.1) is 0 Å². The van der Waals surface area contributed by atoms with Crippen molar-refractivity contribution in [3.8, 4) is 11.1 Å². The normalized spacial score (nSPS) is 10.8. The number of fused-ring (bicyclic) bond motifs is 1. The smallest absolute Gasteiger partial charge is 0.137 e. The molecular weight excluding hydrogens is 256 g/mol. The standard InChI is InChI=1S/C16H13ClN2/c17-16-14(12-4-2-1-3-5-12)9-13-8-11(10-18)6-7-15(13)19-16/h1-9H,10,18H2. The molecule has 0 fully saturated rings. The van der Waals surface area contributed by atoms with Gasteiger partial charge in [0.05, 0.1) is 5.52 Å². The molecule has 2 N–H and O–H groups in total. The van der Waals surface area contributed by atoms with Crippen LogP contribution >= 0.6 is 11.6 Å². The fourth-order valence-corrected chi connectivity index (χ4v) is 2.40. The monoisotopic (exact) mass is 268 g/mol. The predicted octanol–water partition coefficient (Wildman–Crippen LogP) is 4.01. The van der Waals surface area contributed by atoms with Crippen molar-refractivity contribution in [2.45, 2.75) is 6.54 Å². The minimum absolute atomic E-state index is 0.527. The van der Waals surface area contributed by atoms with Crippen LogP contribution in [0.15, 0.2) is 54.6 Å². The highest BCUT2D eigenvalue weighted by Gasteiger charge is 2.07. The Labute approximate surface area is 116 Å². The molecule has 0 radical (unpaired) electrons. The van der Waals surface area contributed by atoms with Crippen LogP contribution in [-0.4, -0.2) is 4.98 Å². The summed E-state index contributed by atoms with van der Waals surface area (Å²) >= 11 is 6.28. The van der Waals surface area contributed by atoms with E-state index in [4.69, 9.17) is 17.3 Å². The van der Waals surface area contributed by atoms with Gasteiger partial charge < -0.3 is 5.73 Å². The van der Waals surface area contributed by atoms with Crippen molar-refractivity contribution in [3.05, 3.63) is 65.3 Å². The van der Waals surface area contributed by atoms with Crippen molar-refractivity contribution < 1.29 is 0 Å². The lowest BCUT2D eigenvalue weighted by Crippen LogP contribution is -1.96. The molecule has 0 amide bonds. The van der Waals surface area contributed by atoms with Gasteiger partial charge in [0.25, 0.3) is 0 Å². The molecule has 1 heterocycles. The zero-order chi connectivity index (χ0) is 13.2. The summed E-state index contributed by atoms with van der Waals surface area (Å²) in [6, 6.07) is 18.1. The molecule has 2 aromatic carbocycles. The van der Waals surface area contributed by atoms with E-state index < -0.39 is 0 Å². The predicted molar refractivity (Wildman–Crippen MR) is 80.1 cm³/mol. The first-order valence-electron chi connectivity index (χ1n) is 6.12. The number of halogens is 1. The van der Waals surface area contributed by atoms with Crippen molar-refractivity contribution in [3.63, 3.8) is 0 Å². The van der Waals surface area contributed by atoms with Crippen molar-refractivity contribution in [2.24, 2.45) is 5.73 Å². The van der Waals surface area contributed by atoms with Crippen molar-refractivity contribution in [1.29, 1.82) is 0 Å². The molecule has 0 spiro atoms. The van der Waals surface area contributed by atoms with E-state index in [0.717, 1.165) is 27.6 Å². The second-order valence-electron chi connectivity index (χ2n) is 4.42. The molecule has 2 nitrogen and oxygen atoms in total. The molecule has 0 bridgehead atoms. The molecule has 0 aliphatic heterocycles. The minimum Gasteiger partial charge on any atom is -0.326 e. The first-order chi connectivity index (χ1) is 9.28. The highest BCUT2D eigenvalue weighted by atomic mass is 35.5. The highest BCUT2D eigenvalue weighted by Crippen LogP contribution is 2.29. The number of hydrogen-bond acceptors (Lipinski definition) is 2. The summed E-state index contributed by atoms with van der Waals surface area (Å²) in [5, 5.41) is 1.59. The van der Waals surface area contributed by atoms with Gasteiger partial charge in [0.2, 0.25) is 0 Å². The van der Waals surface area contributed by atoms with Crippen LogP contribution in [0.5, 0.6) is 0 Å². The van der Waals surface area contributed by atoms with Crippen LogP contribution in [0.1, 0.15) is 5.56 Å². The van der Waals surface area contributed by atoms with E-state index in [1.54, 1.807) is 0 Å². The average Bonchev–Trinajstić information content (AvgIpc) is 2.47. The summed E-state index contributed by atoms with van der Waals surface area (Å²) in [6.45, 7) is 0.527. The zero-order valence-electron chi connectivity index (χ0n) is 10.3. The molecule has 0 saturated heterocycles. The summed E-state index contributed by atoms with van der Waals surface area (Å²) in [5.74, 6) is 0. The van der Waals surface area contributed by atoms with Crippen LogP contribution in [0.25, 0.3) is 22.0 Å². The van der Waals surface area contributed by atoms with E-state index in [0.29, 0.717) is 11.7 Å². The van der Waals surface area contributed by atoms with Crippen molar-refractivity contribution in [2.75, 3.05) is 0 Å². The molecule has 0 saturated carbocycles. The van der Waals surface area contributed by atoms with Crippen molar-refractivity contribution in [1.82, 2.24) is 4.98 Å². The highest BCUT2D eigenvalue weighted by molar-refractivity contribution is 6.32. The van der Waals surface area contributed by atoms with Gasteiger partial charge in [-0.25, -0.2) is 4.98 Å². The Hall–Kier alpha value is -1.90. The molecule has 3 rings (SSSR count). The topological polar surface area (TPSA) is 38.9 Å². The SMILES string of the molecule is NCc1ccc2nc(Cl)c(-c3ccccc3)cc2c1. The van der Waals surface area contributed by atoms with Crippen molar-refractivity contribution >= 4 is 22.5 Å². The Kier molecular flexibility index (Phi) is 3.20. The van der Waals surface area contributed by atoms with Crippen LogP contribution in [0.3, 0.4) is 0 Å². The van der Waals surface area contributed by atoms with Gasteiger partial charge in [0.1, 0.15) is 5.15 Å². The van der Waals surface area contributed by atoms with Crippen LogP contribution < -0.4 is 5.73 Å². The number of benzene rings is 2. The summed E-state index contributed by atoms with van der Waals surface area (Å²) in [5.41, 5.74) is 9.67. The fraction of sp³-hybridized carbons (Fsp3) is 0.0625. The third-order valence-electron chi connectivity index (χ3n) is 3.15. The third kappa shape index (κ3) is 2.33. The molecule has 0 aliphatic carbocycles. The first kappa shape index (κ1) is 12.2. The van der Waals surface area contributed by atoms with E-state index >= 15 is 0 Å². The number of aromatic nitrogens is 1. The molecule has 3 aromatic rings. The molecule has 19 heavy (non-hydrogen) atoms. The molecule has 0 unspecified atom stereocenters. The number of nitrogens with two attached hydrogens (primary N) is 1. The third-order valence-corrected chi connectivity index (χ3v) is 3.44. The van der Waals surface area contributed by atoms with Gasteiger partial charge in [-0.2, -0.15) is 0 Å². The largest absolute Gasteiger partial charge is 0.326 e. The lowest BCUT2D eigenvalue weighted by molar-refractivity contribution is 1.07. The lowest BCUT2D eigenvalue weighted by Gasteiger charge is -2.07. The molecule has 3 heteroatoms. The van der Waals surface area contributed by atoms with Crippen LogP contribution in [0, 0.1) is 0 Å². The Morgan fingerprint density at radius 3 is 2.53 bits per heavy atom. The van der Waals surface area contributed by atoms with Crippen LogP contribution in [0.4, 0.5) is 0 Å². The summed E-state index contributed by atoms with van der Waals surface area (Å²) in [7, 11) is 0. The summed E-state index contributed by atoms with van der Waals surface area (Å²) < 4.78 is 0. The Bertz CT molecular complexity index is 723. The van der Waals surface area contributed by atoms with Crippen LogP contribution in [0.2, 0.25) is 5.15 Å². The molecule has 0 atom stereocenters.